The van der Waals surface area contributed by atoms with Crippen molar-refractivity contribution < 1.29 is 9.90 Å². The van der Waals surface area contributed by atoms with Crippen LogP contribution in [0.3, 0.4) is 0 Å². The van der Waals surface area contributed by atoms with Crippen LogP contribution in [0.4, 0.5) is 0 Å². The number of imidazole rings is 1. The molecule has 0 aliphatic rings. The van der Waals surface area contributed by atoms with Gasteiger partial charge in [-0.3, -0.25) is 9.20 Å². The number of carbonyl (C=O) groups is 1. The summed E-state index contributed by atoms with van der Waals surface area (Å²) in [5, 5.41) is 9.67. The minimum atomic E-state index is -0.881. The standard InChI is InChI=1S/C28H23N3O2/c32-27(33)18-26-23(16-20-10-4-1-5-11-20)30-28-24(17-21-12-6-2-7-13-21)29-25(19-31(26)28)22-14-8-3-9-15-22/h1-15,19H,16-18H2,(H,32,33). The number of carboxylic acids is 1. The molecule has 0 bridgehead atoms. The first-order valence-electron chi connectivity index (χ1n) is 10.9. The number of aliphatic carboxylic acids is 1. The molecule has 162 valence electrons. The van der Waals surface area contributed by atoms with Gasteiger partial charge in [0.25, 0.3) is 0 Å². The van der Waals surface area contributed by atoms with Crippen LogP contribution in [0, 0.1) is 0 Å². The maximum absolute atomic E-state index is 11.8. The molecular formula is C28H23N3O2. The number of rotatable bonds is 7. The molecule has 5 rings (SSSR count). The fourth-order valence-electron chi connectivity index (χ4n) is 4.12. The second-order valence-electron chi connectivity index (χ2n) is 8.03. The SMILES string of the molecule is O=C(O)Cc1c(Cc2ccccc2)nc2c(Cc3ccccc3)nc(-c3ccccc3)cn12. The average molecular weight is 434 g/mol. The number of fused-ring (bicyclic) bond motifs is 1. The van der Waals surface area contributed by atoms with Crippen LogP contribution in [0.15, 0.2) is 97.2 Å². The van der Waals surface area contributed by atoms with Gasteiger partial charge in [-0.25, -0.2) is 9.97 Å². The Bertz CT molecular complexity index is 1400. The number of aromatic nitrogens is 3. The molecule has 0 aliphatic heterocycles. The van der Waals surface area contributed by atoms with Crippen LogP contribution in [0.5, 0.6) is 0 Å². The largest absolute Gasteiger partial charge is 0.481 e. The van der Waals surface area contributed by atoms with E-state index in [9.17, 15) is 9.90 Å². The Balaban J connectivity index is 1.71. The smallest absolute Gasteiger partial charge is 0.309 e. The zero-order chi connectivity index (χ0) is 22.6. The molecular weight excluding hydrogens is 410 g/mol. The van der Waals surface area contributed by atoms with Gasteiger partial charge in [0.05, 0.1) is 29.2 Å². The Labute approximate surface area is 192 Å². The Morgan fingerprint density at radius 3 is 1.85 bits per heavy atom. The molecule has 5 heteroatoms. The van der Waals surface area contributed by atoms with Crippen molar-refractivity contribution >= 4 is 11.6 Å². The topological polar surface area (TPSA) is 67.5 Å². The molecule has 0 saturated carbocycles. The number of benzene rings is 3. The highest BCUT2D eigenvalue weighted by atomic mass is 16.4. The third kappa shape index (κ3) is 4.53. The Kier molecular flexibility index (Phi) is 5.68. The Morgan fingerprint density at radius 2 is 1.27 bits per heavy atom. The predicted octanol–water partition coefficient (Wildman–Crippen LogP) is 5.21. The van der Waals surface area contributed by atoms with Crippen molar-refractivity contribution in [3.8, 4) is 11.3 Å². The summed E-state index contributed by atoms with van der Waals surface area (Å²) in [6.07, 6.45) is 2.99. The van der Waals surface area contributed by atoms with Gasteiger partial charge in [-0.05, 0) is 11.1 Å². The molecule has 0 saturated heterocycles. The molecule has 2 aromatic heterocycles. The van der Waals surface area contributed by atoms with E-state index in [4.69, 9.17) is 9.97 Å². The van der Waals surface area contributed by atoms with Crippen LogP contribution in [0.1, 0.15) is 28.2 Å². The van der Waals surface area contributed by atoms with Gasteiger partial charge in [0, 0.05) is 24.6 Å². The minimum Gasteiger partial charge on any atom is -0.481 e. The quantitative estimate of drug-likeness (QED) is 0.383. The van der Waals surface area contributed by atoms with Gasteiger partial charge in [0.2, 0.25) is 0 Å². The summed E-state index contributed by atoms with van der Waals surface area (Å²) in [7, 11) is 0. The first kappa shape index (κ1) is 20.6. The molecule has 0 amide bonds. The molecule has 0 fully saturated rings. The first-order chi connectivity index (χ1) is 16.2. The lowest BCUT2D eigenvalue weighted by atomic mass is 10.1. The van der Waals surface area contributed by atoms with Gasteiger partial charge >= 0.3 is 5.97 Å². The average Bonchev–Trinajstić information content (AvgIpc) is 3.17. The predicted molar refractivity (Wildman–Crippen MR) is 128 cm³/mol. The van der Waals surface area contributed by atoms with Crippen LogP contribution in [0.2, 0.25) is 0 Å². The summed E-state index contributed by atoms with van der Waals surface area (Å²) in [6, 6.07) is 30.1. The summed E-state index contributed by atoms with van der Waals surface area (Å²) in [4.78, 5) is 21.7. The van der Waals surface area contributed by atoms with E-state index in [0.717, 1.165) is 33.8 Å². The van der Waals surface area contributed by atoms with E-state index in [1.807, 2.05) is 89.5 Å². The summed E-state index contributed by atoms with van der Waals surface area (Å²) >= 11 is 0. The molecule has 0 radical (unpaired) electrons. The van der Waals surface area contributed by atoms with Crippen molar-refractivity contribution in [1.82, 2.24) is 14.4 Å². The monoisotopic (exact) mass is 433 g/mol. The van der Waals surface area contributed by atoms with Crippen LogP contribution in [0.25, 0.3) is 16.9 Å². The highest BCUT2D eigenvalue weighted by Crippen LogP contribution is 2.25. The summed E-state index contributed by atoms with van der Waals surface area (Å²) < 4.78 is 1.93. The molecule has 33 heavy (non-hydrogen) atoms. The van der Waals surface area contributed by atoms with E-state index >= 15 is 0 Å². The van der Waals surface area contributed by atoms with Gasteiger partial charge < -0.3 is 5.11 Å². The molecule has 0 unspecified atom stereocenters. The number of carboxylic acid groups (broad SMARTS) is 1. The normalized spacial score (nSPS) is 11.0. The van der Waals surface area contributed by atoms with E-state index < -0.39 is 5.97 Å². The number of nitrogens with zero attached hydrogens (tertiary/aromatic N) is 3. The fraction of sp³-hybridized carbons (Fsp3) is 0.107. The third-order valence-corrected chi connectivity index (χ3v) is 5.67. The molecule has 1 N–H and O–H groups in total. The zero-order valence-electron chi connectivity index (χ0n) is 18.1. The van der Waals surface area contributed by atoms with Gasteiger partial charge in [0.15, 0.2) is 5.65 Å². The van der Waals surface area contributed by atoms with Crippen LogP contribution in [-0.2, 0) is 24.1 Å². The number of hydrogen-bond donors (Lipinski definition) is 1. The van der Waals surface area contributed by atoms with Crippen molar-refractivity contribution in [2.24, 2.45) is 0 Å². The van der Waals surface area contributed by atoms with Crippen LogP contribution >= 0.6 is 0 Å². The fourth-order valence-corrected chi connectivity index (χ4v) is 4.12. The molecule has 0 spiro atoms. The van der Waals surface area contributed by atoms with E-state index in [2.05, 4.69) is 12.1 Å². The minimum absolute atomic E-state index is 0.105. The Morgan fingerprint density at radius 1 is 0.727 bits per heavy atom. The second-order valence-corrected chi connectivity index (χ2v) is 8.03. The van der Waals surface area contributed by atoms with Crippen molar-refractivity contribution in [2.45, 2.75) is 19.3 Å². The van der Waals surface area contributed by atoms with E-state index in [1.165, 1.54) is 0 Å². The molecule has 2 heterocycles. The lowest BCUT2D eigenvalue weighted by Crippen LogP contribution is -2.08. The highest BCUT2D eigenvalue weighted by molar-refractivity contribution is 5.71. The van der Waals surface area contributed by atoms with Crippen molar-refractivity contribution in [2.75, 3.05) is 0 Å². The van der Waals surface area contributed by atoms with E-state index in [0.29, 0.717) is 24.2 Å². The van der Waals surface area contributed by atoms with Crippen molar-refractivity contribution in [3.05, 3.63) is 125 Å². The Hall–Kier alpha value is -4.25. The lowest BCUT2D eigenvalue weighted by Gasteiger charge is -2.10. The van der Waals surface area contributed by atoms with E-state index in [1.54, 1.807) is 0 Å². The van der Waals surface area contributed by atoms with Gasteiger partial charge in [0.1, 0.15) is 0 Å². The number of hydrogen-bond acceptors (Lipinski definition) is 3. The lowest BCUT2D eigenvalue weighted by molar-refractivity contribution is -0.136. The molecule has 3 aromatic carbocycles. The molecule has 0 aliphatic carbocycles. The van der Waals surface area contributed by atoms with Crippen molar-refractivity contribution in [3.63, 3.8) is 0 Å². The maximum atomic E-state index is 11.8. The first-order valence-corrected chi connectivity index (χ1v) is 10.9. The van der Waals surface area contributed by atoms with Gasteiger partial charge in [-0.15, -0.1) is 0 Å². The van der Waals surface area contributed by atoms with E-state index in [-0.39, 0.29) is 6.42 Å². The van der Waals surface area contributed by atoms with Gasteiger partial charge in [-0.1, -0.05) is 91.0 Å². The third-order valence-electron chi connectivity index (χ3n) is 5.67. The summed E-state index contributed by atoms with van der Waals surface area (Å²) in [5.41, 5.74) is 6.99. The molecule has 5 aromatic rings. The van der Waals surface area contributed by atoms with Crippen LogP contribution < -0.4 is 0 Å². The van der Waals surface area contributed by atoms with Crippen molar-refractivity contribution in [1.29, 1.82) is 0 Å². The second kappa shape index (κ2) is 9.09. The maximum Gasteiger partial charge on any atom is 0.309 e. The molecule has 0 atom stereocenters. The van der Waals surface area contributed by atoms with Gasteiger partial charge in [-0.2, -0.15) is 0 Å². The zero-order valence-corrected chi connectivity index (χ0v) is 18.1. The highest BCUT2D eigenvalue weighted by Gasteiger charge is 2.20. The van der Waals surface area contributed by atoms with Crippen LogP contribution in [-0.4, -0.2) is 25.4 Å². The summed E-state index contributed by atoms with van der Waals surface area (Å²) in [6.45, 7) is 0. The summed E-state index contributed by atoms with van der Waals surface area (Å²) in [5.74, 6) is -0.881. The molecule has 5 nitrogen and oxygen atoms in total.